The van der Waals surface area contributed by atoms with Gasteiger partial charge in [0.1, 0.15) is 10.7 Å². The van der Waals surface area contributed by atoms with Crippen molar-refractivity contribution in [1.29, 1.82) is 0 Å². The molecule has 2 heterocycles. The van der Waals surface area contributed by atoms with E-state index < -0.39 is 29.0 Å². The van der Waals surface area contributed by atoms with Gasteiger partial charge < -0.3 is 4.74 Å². The number of nitrogens with zero attached hydrogens (tertiary/aromatic N) is 2. The first-order chi connectivity index (χ1) is 10.8. The van der Waals surface area contributed by atoms with Gasteiger partial charge in [0.05, 0.1) is 5.39 Å². The van der Waals surface area contributed by atoms with E-state index in [1.807, 2.05) is 6.92 Å². The van der Waals surface area contributed by atoms with Crippen LogP contribution in [-0.2, 0) is 0 Å². The molecule has 8 heteroatoms. The Hall–Kier alpha value is -2.22. The van der Waals surface area contributed by atoms with E-state index in [0.717, 1.165) is 10.4 Å². The Labute approximate surface area is 132 Å². The summed E-state index contributed by atoms with van der Waals surface area (Å²) in [5.41, 5.74) is 0.776. The van der Waals surface area contributed by atoms with Crippen molar-refractivity contribution in [1.82, 2.24) is 9.97 Å². The van der Waals surface area contributed by atoms with Gasteiger partial charge in [0.15, 0.2) is 11.6 Å². The van der Waals surface area contributed by atoms with E-state index in [-0.39, 0.29) is 11.9 Å². The van der Waals surface area contributed by atoms with Gasteiger partial charge in [-0.15, -0.1) is 11.3 Å². The van der Waals surface area contributed by atoms with Gasteiger partial charge in [-0.3, -0.25) is 0 Å². The number of hydrogen-bond donors (Lipinski definition) is 0. The highest BCUT2D eigenvalue weighted by Gasteiger charge is 2.24. The molecule has 0 saturated heterocycles. The number of halogens is 4. The number of ether oxygens (including phenoxy) is 1. The number of rotatable bonds is 2. The second-order valence-corrected chi connectivity index (χ2v) is 6.14. The predicted octanol–water partition coefficient (Wildman–Crippen LogP) is 4.97. The topological polar surface area (TPSA) is 35.0 Å². The summed E-state index contributed by atoms with van der Waals surface area (Å²) >= 11 is 1.37. The molecular formula is C15H10F4N2OS. The van der Waals surface area contributed by atoms with Crippen molar-refractivity contribution >= 4 is 21.6 Å². The third-order valence-electron chi connectivity index (χ3n) is 3.38. The van der Waals surface area contributed by atoms with Crippen molar-refractivity contribution in [3.63, 3.8) is 0 Å². The molecule has 0 aliphatic heterocycles. The molecule has 0 N–H and O–H groups in total. The first-order valence-electron chi connectivity index (χ1n) is 6.54. The van der Waals surface area contributed by atoms with Crippen LogP contribution in [0.1, 0.15) is 16.3 Å². The minimum absolute atomic E-state index is 0.123. The number of aromatic nitrogens is 2. The molecular weight excluding hydrogens is 332 g/mol. The molecule has 0 atom stereocenters. The summed E-state index contributed by atoms with van der Waals surface area (Å²) in [5.74, 6) is -7.30. The van der Waals surface area contributed by atoms with E-state index >= 15 is 0 Å². The van der Waals surface area contributed by atoms with Crippen LogP contribution in [0.15, 0.2) is 6.07 Å². The minimum atomic E-state index is -1.61. The van der Waals surface area contributed by atoms with Crippen LogP contribution in [0.3, 0.4) is 0 Å². The third-order valence-corrected chi connectivity index (χ3v) is 4.48. The van der Waals surface area contributed by atoms with Crippen LogP contribution >= 0.6 is 11.3 Å². The van der Waals surface area contributed by atoms with Crippen LogP contribution in [0.5, 0.6) is 11.6 Å². The summed E-state index contributed by atoms with van der Waals surface area (Å²) in [6.07, 6.45) is 0. The third kappa shape index (κ3) is 2.52. The van der Waals surface area contributed by atoms with Crippen molar-refractivity contribution in [2.45, 2.75) is 20.8 Å². The molecule has 0 bridgehead atoms. The van der Waals surface area contributed by atoms with E-state index in [0.29, 0.717) is 16.0 Å². The fraction of sp³-hybridized carbons (Fsp3) is 0.200. The normalized spacial score (nSPS) is 11.3. The largest absolute Gasteiger partial charge is 0.432 e. The quantitative estimate of drug-likeness (QED) is 0.487. The zero-order chi connectivity index (χ0) is 16.9. The van der Waals surface area contributed by atoms with Gasteiger partial charge in [0.2, 0.25) is 23.3 Å². The van der Waals surface area contributed by atoms with Crippen LogP contribution in [0, 0.1) is 44.0 Å². The van der Waals surface area contributed by atoms with Gasteiger partial charge >= 0.3 is 0 Å². The molecule has 0 saturated carbocycles. The molecule has 0 fully saturated rings. The molecule has 3 rings (SSSR count). The van der Waals surface area contributed by atoms with Crippen molar-refractivity contribution in [3.05, 3.63) is 45.6 Å². The molecule has 120 valence electrons. The van der Waals surface area contributed by atoms with Crippen LogP contribution in [0.2, 0.25) is 0 Å². The first kappa shape index (κ1) is 15.7. The fourth-order valence-corrected chi connectivity index (χ4v) is 3.19. The highest BCUT2D eigenvalue weighted by molar-refractivity contribution is 7.18. The molecule has 0 aliphatic rings. The van der Waals surface area contributed by atoms with Gasteiger partial charge in [-0.2, -0.15) is 13.8 Å². The zero-order valence-electron chi connectivity index (χ0n) is 12.3. The predicted molar refractivity (Wildman–Crippen MR) is 78.0 cm³/mol. The lowest BCUT2D eigenvalue weighted by molar-refractivity contribution is 0.360. The van der Waals surface area contributed by atoms with E-state index in [2.05, 4.69) is 9.97 Å². The summed E-state index contributed by atoms with van der Waals surface area (Å²) < 4.78 is 59.3. The zero-order valence-corrected chi connectivity index (χ0v) is 13.1. The van der Waals surface area contributed by atoms with Crippen molar-refractivity contribution in [3.8, 4) is 11.6 Å². The van der Waals surface area contributed by atoms with Gasteiger partial charge in [-0.05, 0) is 26.3 Å². The van der Waals surface area contributed by atoms with Crippen LogP contribution in [0.25, 0.3) is 10.2 Å². The van der Waals surface area contributed by atoms with Crippen LogP contribution < -0.4 is 4.74 Å². The summed E-state index contributed by atoms with van der Waals surface area (Å²) in [7, 11) is 0. The standard InChI is InChI=1S/C15H10F4N2OS/c1-5-6(2)23-15-10(5)14(20-7(3)21-15)22-13-11(18)8(16)4-9(17)12(13)19/h4H,1-3H3. The highest BCUT2D eigenvalue weighted by atomic mass is 32.1. The number of aryl methyl sites for hydroxylation is 3. The van der Waals surface area contributed by atoms with Gasteiger partial charge in [0.25, 0.3) is 0 Å². The molecule has 23 heavy (non-hydrogen) atoms. The molecule has 2 aromatic heterocycles. The maximum atomic E-state index is 13.8. The Morgan fingerprint density at radius 3 is 2.17 bits per heavy atom. The molecule has 0 amide bonds. The Morgan fingerprint density at radius 2 is 1.57 bits per heavy atom. The van der Waals surface area contributed by atoms with Gasteiger partial charge in [0, 0.05) is 10.9 Å². The number of fused-ring (bicyclic) bond motifs is 1. The number of thiophene rings is 1. The molecule has 0 unspecified atom stereocenters. The number of hydrogen-bond acceptors (Lipinski definition) is 4. The second-order valence-electron chi connectivity index (χ2n) is 4.94. The Morgan fingerprint density at radius 1 is 0.957 bits per heavy atom. The maximum absolute atomic E-state index is 13.8. The summed E-state index contributed by atoms with van der Waals surface area (Å²) in [5, 5.41) is 0.460. The first-order valence-corrected chi connectivity index (χ1v) is 7.36. The Kier molecular flexibility index (Phi) is 3.71. The molecule has 0 spiro atoms. The van der Waals surface area contributed by atoms with E-state index in [9.17, 15) is 17.6 Å². The minimum Gasteiger partial charge on any atom is -0.432 e. The average Bonchev–Trinajstić information content (AvgIpc) is 2.76. The smallest absolute Gasteiger partial charge is 0.231 e. The summed E-state index contributed by atoms with van der Waals surface area (Å²) in [4.78, 5) is 9.74. The van der Waals surface area contributed by atoms with Gasteiger partial charge in [-0.1, -0.05) is 0 Å². The van der Waals surface area contributed by atoms with Crippen molar-refractivity contribution in [2.24, 2.45) is 0 Å². The molecule has 0 radical (unpaired) electrons. The molecule has 3 aromatic rings. The van der Waals surface area contributed by atoms with Crippen LogP contribution in [-0.4, -0.2) is 9.97 Å². The Bertz CT molecular complexity index is 913. The van der Waals surface area contributed by atoms with Gasteiger partial charge in [-0.25, -0.2) is 13.8 Å². The van der Waals surface area contributed by atoms with E-state index in [4.69, 9.17) is 4.74 Å². The van der Waals surface area contributed by atoms with Crippen molar-refractivity contribution in [2.75, 3.05) is 0 Å². The molecule has 3 nitrogen and oxygen atoms in total. The summed E-state index contributed by atoms with van der Waals surface area (Å²) in [6.45, 7) is 5.21. The van der Waals surface area contributed by atoms with E-state index in [1.165, 1.54) is 11.3 Å². The monoisotopic (exact) mass is 342 g/mol. The lowest BCUT2D eigenvalue weighted by Crippen LogP contribution is -2.02. The molecule has 0 aliphatic carbocycles. The summed E-state index contributed by atoms with van der Waals surface area (Å²) in [6, 6.07) is 0.123. The lowest BCUT2D eigenvalue weighted by atomic mass is 10.2. The SMILES string of the molecule is Cc1nc(Oc2c(F)c(F)cc(F)c2F)c2c(C)c(C)sc2n1. The lowest BCUT2D eigenvalue weighted by Gasteiger charge is -2.10. The molecule has 1 aromatic carbocycles. The van der Waals surface area contributed by atoms with Crippen molar-refractivity contribution < 1.29 is 22.3 Å². The van der Waals surface area contributed by atoms with Crippen LogP contribution in [0.4, 0.5) is 17.6 Å². The highest BCUT2D eigenvalue weighted by Crippen LogP contribution is 2.38. The number of benzene rings is 1. The average molecular weight is 342 g/mol. The Balaban J connectivity index is 2.24. The maximum Gasteiger partial charge on any atom is 0.231 e. The fourth-order valence-electron chi connectivity index (χ4n) is 2.13. The van der Waals surface area contributed by atoms with E-state index in [1.54, 1.807) is 13.8 Å². The second kappa shape index (κ2) is 5.45.